The number of nitrogens with zero attached hydrogens (tertiary/aromatic N) is 1. The fraction of sp³-hybridized carbons (Fsp3) is 0.316. The number of ether oxygens (including phenoxy) is 1. The van der Waals surface area contributed by atoms with Gasteiger partial charge in [-0.15, -0.1) is 0 Å². The first kappa shape index (κ1) is 19.9. The van der Waals surface area contributed by atoms with Crippen molar-refractivity contribution in [3.8, 4) is 5.75 Å². The largest absolute Gasteiger partial charge is 0.487 e. The molecule has 1 atom stereocenters. The Kier molecular flexibility index (Phi) is 6.19. The quantitative estimate of drug-likeness (QED) is 0.787. The summed E-state index contributed by atoms with van der Waals surface area (Å²) in [4.78, 5) is 13.3. The molecule has 0 saturated carbocycles. The topological polar surface area (TPSA) is 55.6 Å². The molecule has 4 nitrogen and oxygen atoms in total. The molecule has 1 fully saturated rings. The van der Waals surface area contributed by atoms with E-state index in [0.717, 1.165) is 31.0 Å². The summed E-state index contributed by atoms with van der Waals surface area (Å²) < 4.78 is 33.0. The molecule has 0 aromatic heterocycles. The monoisotopic (exact) mass is 414 g/mol. The molecule has 0 unspecified atom stereocenters. The van der Waals surface area contributed by atoms with Crippen LogP contribution in [-0.2, 0) is 6.54 Å². The maximum absolute atomic E-state index is 14.0. The number of likely N-dealkylation sites (tertiary alicyclic amines) is 1. The highest BCUT2D eigenvalue weighted by atomic mass is 35.5. The fourth-order valence-corrected chi connectivity index (χ4v) is 3.57. The lowest BCUT2D eigenvalue weighted by molar-refractivity contribution is 0.0841. The van der Waals surface area contributed by atoms with E-state index >= 15 is 0 Å². The SMILES string of the molecule is NC(=O)c1cc(Cl)c(O[C@@H]2CCCN(Cc3ccc(F)cc3Cl)C2)cc1F. The highest BCUT2D eigenvalue weighted by Crippen LogP contribution is 2.30. The summed E-state index contributed by atoms with van der Waals surface area (Å²) in [7, 11) is 0. The average Bonchev–Trinajstić information content (AvgIpc) is 2.60. The van der Waals surface area contributed by atoms with Gasteiger partial charge in [-0.3, -0.25) is 9.69 Å². The van der Waals surface area contributed by atoms with E-state index in [1.165, 1.54) is 18.2 Å². The van der Waals surface area contributed by atoms with Gasteiger partial charge in [-0.25, -0.2) is 8.78 Å². The highest BCUT2D eigenvalue weighted by Gasteiger charge is 2.24. The normalized spacial score (nSPS) is 17.7. The molecule has 2 aromatic rings. The van der Waals surface area contributed by atoms with Crippen LogP contribution in [0.1, 0.15) is 28.8 Å². The Labute approximate surface area is 165 Å². The van der Waals surface area contributed by atoms with Crippen molar-refractivity contribution in [1.29, 1.82) is 0 Å². The van der Waals surface area contributed by atoms with Crippen LogP contribution in [-0.4, -0.2) is 30.0 Å². The van der Waals surface area contributed by atoms with E-state index in [-0.39, 0.29) is 28.3 Å². The zero-order valence-electron chi connectivity index (χ0n) is 14.4. The van der Waals surface area contributed by atoms with Crippen molar-refractivity contribution >= 4 is 29.1 Å². The van der Waals surface area contributed by atoms with Crippen LogP contribution in [0.15, 0.2) is 30.3 Å². The van der Waals surface area contributed by atoms with Crippen molar-refractivity contribution in [1.82, 2.24) is 4.90 Å². The number of rotatable bonds is 5. The molecule has 1 amide bonds. The predicted molar refractivity (Wildman–Crippen MR) is 100 cm³/mol. The Hall–Kier alpha value is -1.89. The third-order valence-electron chi connectivity index (χ3n) is 4.45. The van der Waals surface area contributed by atoms with Gasteiger partial charge in [-0.1, -0.05) is 29.3 Å². The van der Waals surface area contributed by atoms with Gasteiger partial charge in [-0.05, 0) is 43.1 Å². The molecule has 1 aliphatic heterocycles. The molecule has 27 heavy (non-hydrogen) atoms. The molecule has 0 radical (unpaired) electrons. The van der Waals surface area contributed by atoms with Crippen molar-refractivity contribution < 1.29 is 18.3 Å². The summed E-state index contributed by atoms with van der Waals surface area (Å²) >= 11 is 12.2. The molecular weight excluding hydrogens is 397 g/mol. The molecule has 3 rings (SSSR count). The first-order valence-corrected chi connectivity index (χ1v) is 9.21. The van der Waals surface area contributed by atoms with Crippen LogP contribution >= 0.6 is 23.2 Å². The number of carbonyl (C=O) groups is 1. The number of carbonyl (C=O) groups excluding carboxylic acids is 1. The Morgan fingerprint density at radius 3 is 2.70 bits per heavy atom. The Morgan fingerprint density at radius 2 is 2.00 bits per heavy atom. The first-order chi connectivity index (χ1) is 12.8. The van der Waals surface area contributed by atoms with Crippen LogP contribution < -0.4 is 10.5 Å². The zero-order chi connectivity index (χ0) is 19.6. The van der Waals surface area contributed by atoms with Crippen molar-refractivity contribution in [3.05, 3.63) is 63.1 Å². The molecule has 1 heterocycles. The summed E-state index contributed by atoms with van der Waals surface area (Å²) in [6.45, 7) is 1.99. The highest BCUT2D eigenvalue weighted by molar-refractivity contribution is 6.32. The summed E-state index contributed by atoms with van der Waals surface area (Å²) in [5.41, 5.74) is 5.66. The number of hydrogen-bond donors (Lipinski definition) is 1. The van der Waals surface area contributed by atoms with E-state index in [2.05, 4.69) is 4.90 Å². The molecular formula is C19H18Cl2F2N2O2. The van der Waals surface area contributed by atoms with Gasteiger partial charge in [0.1, 0.15) is 23.5 Å². The van der Waals surface area contributed by atoms with E-state index in [9.17, 15) is 13.6 Å². The van der Waals surface area contributed by atoms with E-state index in [0.29, 0.717) is 18.1 Å². The zero-order valence-corrected chi connectivity index (χ0v) is 15.9. The Morgan fingerprint density at radius 1 is 1.22 bits per heavy atom. The lowest BCUT2D eigenvalue weighted by Gasteiger charge is -2.33. The molecule has 2 aromatic carbocycles. The number of hydrogen-bond acceptors (Lipinski definition) is 3. The molecule has 1 aliphatic rings. The third-order valence-corrected chi connectivity index (χ3v) is 5.10. The molecule has 0 spiro atoms. The molecule has 1 saturated heterocycles. The van der Waals surface area contributed by atoms with Crippen LogP contribution in [0.4, 0.5) is 8.78 Å². The molecule has 0 bridgehead atoms. The minimum Gasteiger partial charge on any atom is -0.487 e. The van der Waals surface area contributed by atoms with Gasteiger partial charge in [0.2, 0.25) is 0 Å². The number of benzene rings is 2. The van der Waals surface area contributed by atoms with Crippen molar-refractivity contribution in [2.45, 2.75) is 25.5 Å². The van der Waals surface area contributed by atoms with Crippen LogP contribution in [0.3, 0.4) is 0 Å². The van der Waals surface area contributed by atoms with Gasteiger partial charge in [0.25, 0.3) is 5.91 Å². The van der Waals surface area contributed by atoms with E-state index in [1.54, 1.807) is 6.07 Å². The summed E-state index contributed by atoms with van der Waals surface area (Å²) in [6, 6.07) is 6.59. The van der Waals surface area contributed by atoms with Crippen molar-refractivity contribution in [2.24, 2.45) is 5.73 Å². The minimum absolute atomic E-state index is 0.129. The van der Waals surface area contributed by atoms with Gasteiger partial charge in [0.15, 0.2) is 0 Å². The molecule has 0 aliphatic carbocycles. The van der Waals surface area contributed by atoms with Gasteiger partial charge in [-0.2, -0.15) is 0 Å². The summed E-state index contributed by atoms with van der Waals surface area (Å²) in [6.07, 6.45) is 1.46. The van der Waals surface area contributed by atoms with Crippen LogP contribution in [0.25, 0.3) is 0 Å². The number of nitrogens with two attached hydrogens (primary N) is 1. The van der Waals surface area contributed by atoms with E-state index in [4.69, 9.17) is 33.7 Å². The Balaban J connectivity index is 1.68. The lowest BCUT2D eigenvalue weighted by atomic mass is 10.1. The Bertz CT molecular complexity index is 864. The average molecular weight is 415 g/mol. The second-order valence-electron chi connectivity index (χ2n) is 6.48. The number of primary amides is 1. The van der Waals surface area contributed by atoms with Crippen molar-refractivity contribution in [2.75, 3.05) is 13.1 Å². The molecule has 144 valence electrons. The van der Waals surface area contributed by atoms with Crippen molar-refractivity contribution in [3.63, 3.8) is 0 Å². The third kappa shape index (κ3) is 4.89. The van der Waals surface area contributed by atoms with Crippen LogP contribution in [0.5, 0.6) is 5.75 Å². The minimum atomic E-state index is -0.888. The van der Waals surface area contributed by atoms with Gasteiger partial charge >= 0.3 is 0 Å². The smallest absolute Gasteiger partial charge is 0.251 e. The van der Waals surface area contributed by atoms with Gasteiger partial charge < -0.3 is 10.5 Å². The lowest BCUT2D eigenvalue weighted by Crippen LogP contribution is -2.40. The fourth-order valence-electron chi connectivity index (χ4n) is 3.13. The predicted octanol–water partition coefficient (Wildman–Crippen LogP) is 4.41. The maximum atomic E-state index is 14.0. The summed E-state index contributed by atoms with van der Waals surface area (Å²) in [5.74, 6) is -1.86. The number of piperidine rings is 1. The number of halogens is 4. The van der Waals surface area contributed by atoms with Crippen LogP contribution in [0.2, 0.25) is 10.0 Å². The van der Waals surface area contributed by atoms with Crippen LogP contribution in [0, 0.1) is 11.6 Å². The standard InChI is InChI=1S/C19H18Cl2F2N2O2/c20-15-6-12(22)4-3-11(15)9-25-5-1-2-13(10-25)27-18-8-17(23)14(19(24)26)7-16(18)21/h3-4,6-8,13H,1-2,5,9-10H2,(H2,24,26)/t13-/m1/s1. The molecule has 8 heteroatoms. The van der Waals surface area contributed by atoms with Gasteiger partial charge in [0.05, 0.1) is 10.6 Å². The molecule has 2 N–H and O–H groups in total. The van der Waals surface area contributed by atoms with E-state index in [1.807, 2.05) is 0 Å². The maximum Gasteiger partial charge on any atom is 0.251 e. The number of amides is 1. The van der Waals surface area contributed by atoms with Gasteiger partial charge in [0, 0.05) is 24.2 Å². The first-order valence-electron chi connectivity index (χ1n) is 8.45. The summed E-state index contributed by atoms with van der Waals surface area (Å²) in [5, 5.41) is 0.508. The second kappa shape index (κ2) is 8.42. The second-order valence-corrected chi connectivity index (χ2v) is 7.29. The van der Waals surface area contributed by atoms with E-state index < -0.39 is 11.7 Å².